The molecule has 4 heteroatoms. The highest BCUT2D eigenvalue weighted by Crippen LogP contribution is 2.27. The summed E-state index contributed by atoms with van der Waals surface area (Å²) in [6, 6.07) is 12.1. The number of nitrogens with zero attached hydrogens (tertiary/aromatic N) is 3. The molecule has 3 nitrogen and oxygen atoms in total. The first-order valence-corrected chi connectivity index (χ1v) is 6.65. The second-order valence-corrected chi connectivity index (χ2v) is 5.26. The molecular formula is C15H14ClN3. The molecule has 19 heavy (non-hydrogen) atoms. The first-order valence-electron chi connectivity index (χ1n) is 6.21. The number of hydrogen-bond donors (Lipinski definition) is 0. The van der Waals surface area contributed by atoms with Crippen LogP contribution in [0.2, 0.25) is 0 Å². The molecular weight excluding hydrogens is 258 g/mol. The Morgan fingerprint density at radius 2 is 2.05 bits per heavy atom. The number of halogens is 1. The molecule has 0 fully saturated rings. The first kappa shape index (κ1) is 12.2. The highest BCUT2D eigenvalue weighted by atomic mass is 35.5. The van der Waals surface area contributed by atoms with Gasteiger partial charge in [0.2, 0.25) is 0 Å². The van der Waals surface area contributed by atoms with Crippen molar-refractivity contribution in [1.29, 1.82) is 0 Å². The minimum Gasteiger partial charge on any atom is -0.279 e. The van der Waals surface area contributed by atoms with Crippen LogP contribution in [0.3, 0.4) is 0 Å². The summed E-state index contributed by atoms with van der Waals surface area (Å²) < 4.78 is 2.03. The van der Waals surface area contributed by atoms with E-state index in [9.17, 15) is 0 Å². The van der Waals surface area contributed by atoms with E-state index in [-0.39, 0.29) is 5.38 Å². The number of imidazole rings is 1. The van der Waals surface area contributed by atoms with E-state index in [4.69, 9.17) is 11.6 Å². The molecule has 0 aliphatic rings. The lowest BCUT2D eigenvalue weighted by molar-refractivity contribution is 0.876. The van der Waals surface area contributed by atoms with E-state index in [0.717, 1.165) is 22.7 Å². The maximum atomic E-state index is 6.26. The van der Waals surface area contributed by atoms with Gasteiger partial charge in [-0.25, -0.2) is 9.97 Å². The molecule has 3 aromatic rings. The number of pyridine rings is 1. The summed E-state index contributed by atoms with van der Waals surface area (Å²) in [4.78, 5) is 9.02. The lowest BCUT2D eigenvalue weighted by atomic mass is 10.2. The number of aromatic nitrogens is 3. The fourth-order valence-corrected chi connectivity index (χ4v) is 2.36. The number of benzene rings is 1. The minimum absolute atomic E-state index is 0.172. The molecule has 1 unspecified atom stereocenters. The molecule has 3 rings (SSSR count). The summed E-state index contributed by atoms with van der Waals surface area (Å²) >= 11 is 6.26. The van der Waals surface area contributed by atoms with Crippen LogP contribution >= 0.6 is 11.6 Å². The van der Waals surface area contributed by atoms with Gasteiger partial charge < -0.3 is 0 Å². The lowest BCUT2D eigenvalue weighted by Gasteiger charge is -2.10. The number of aryl methyl sites for hydroxylation is 1. The highest BCUT2D eigenvalue weighted by molar-refractivity contribution is 6.20. The average Bonchev–Trinajstić information content (AvgIpc) is 2.78. The van der Waals surface area contributed by atoms with Crippen LogP contribution < -0.4 is 0 Å². The second-order valence-electron chi connectivity index (χ2n) is 4.61. The fourth-order valence-electron chi connectivity index (χ4n) is 2.22. The predicted octanol–water partition coefficient (Wildman–Crippen LogP) is 4.03. The van der Waals surface area contributed by atoms with Crippen molar-refractivity contribution in [1.82, 2.24) is 14.5 Å². The zero-order valence-corrected chi connectivity index (χ0v) is 11.6. The summed E-state index contributed by atoms with van der Waals surface area (Å²) in [6.45, 7) is 3.99. The van der Waals surface area contributed by atoms with Crippen LogP contribution in [0.1, 0.15) is 23.7 Å². The summed E-state index contributed by atoms with van der Waals surface area (Å²) in [6.07, 6.45) is 1.78. The molecule has 2 heterocycles. The van der Waals surface area contributed by atoms with Gasteiger partial charge in [-0.05, 0) is 43.7 Å². The molecule has 1 atom stereocenters. The van der Waals surface area contributed by atoms with Gasteiger partial charge in [-0.2, -0.15) is 0 Å². The van der Waals surface area contributed by atoms with E-state index in [1.54, 1.807) is 6.20 Å². The Kier molecular flexibility index (Phi) is 2.99. The molecule has 0 saturated heterocycles. The molecule has 0 bridgehead atoms. The molecule has 0 amide bonds. The summed E-state index contributed by atoms with van der Waals surface area (Å²) in [5, 5.41) is -0.172. The molecule has 2 aromatic heterocycles. The Hall–Kier alpha value is -1.87. The zero-order chi connectivity index (χ0) is 13.4. The topological polar surface area (TPSA) is 30.7 Å². The predicted molar refractivity (Wildman–Crippen MR) is 77.9 cm³/mol. The molecule has 0 aliphatic heterocycles. The van der Waals surface area contributed by atoms with Crippen molar-refractivity contribution in [2.24, 2.45) is 0 Å². The Morgan fingerprint density at radius 1 is 1.21 bits per heavy atom. The van der Waals surface area contributed by atoms with Crippen LogP contribution in [0.15, 0.2) is 42.6 Å². The summed E-state index contributed by atoms with van der Waals surface area (Å²) in [5.74, 6) is 0.820. The van der Waals surface area contributed by atoms with Crippen molar-refractivity contribution in [2.45, 2.75) is 19.2 Å². The maximum Gasteiger partial charge on any atom is 0.164 e. The van der Waals surface area contributed by atoms with Crippen LogP contribution in [0.25, 0.3) is 16.9 Å². The van der Waals surface area contributed by atoms with Gasteiger partial charge in [-0.15, -0.1) is 11.6 Å². The van der Waals surface area contributed by atoms with Crippen LogP contribution in [0.4, 0.5) is 0 Å². The third-order valence-corrected chi connectivity index (χ3v) is 3.25. The molecule has 0 N–H and O–H groups in total. The van der Waals surface area contributed by atoms with Gasteiger partial charge in [0.05, 0.1) is 5.38 Å². The van der Waals surface area contributed by atoms with Crippen LogP contribution in [0, 0.1) is 6.92 Å². The van der Waals surface area contributed by atoms with Gasteiger partial charge >= 0.3 is 0 Å². The number of alkyl halides is 1. The van der Waals surface area contributed by atoms with E-state index in [0.29, 0.717) is 0 Å². The van der Waals surface area contributed by atoms with Gasteiger partial charge in [0, 0.05) is 11.9 Å². The van der Waals surface area contributed by atoms with Crippen molar-refractivity contribution in [3.8, 4) is 5.69 Å². The number of rotatable bonds is 2. The molecule has 0 aliphatic carbocycles. The Bertz CT molecular complexity index is 731. The van der Waals surface area contributed by atoms with E-state index < -0.39 is 0 Å². The number of hydrogen-bond acceptors (Lipinski definition) is 2. The van der Waals surface area contributed by atoms with E-state index in [1.165, 1.54) is 5.56 Å². The van der Waals surface area contributed by atoms with Crippen molar-refractivity contribution in [3.05, 3.63) is 54.0 Å². The van der Waals surface area contributed by atoms with Gasteiger partial charge in [0.1, 0.15) is 11.3 Å². The van der Waals surface area contributed by atoms with Gasteiger partial charge in [-0.1, -0.05) is 12.1 Å². The minimum atomic E-state index is -0.172. The largest absolute Gasteiger partial charge is 0.279 e. The van der Waals surface area contributed by atoms with E-state index >= 15 is 0 Å². The van der Waals surface area contributed by atoms with Gasteiger partial charge in [0.15, 0.2) is 5.65 Å². The Labute approximate surface area is 116 Å². The van der Waals surface area contributed by atoms with Crippen LogP contribution in [-0.2, 0) is 0 Å². The molecule has 0 spiro atoms. The quantitative estimate of drug-likeness (QED) is 0.659. The Balaban J connectivity index is 2.34. The number of fused-ring (bicyclic) bond motifs is 1. The van der Waals surface area contributed by atoms with Crippen molar-refractivity contribution in [3.63, 3.8) is 0 Å². The van der Waals surface area contributed by atoms with Crippen LogP contribution in [-0.4, -0.2) is 14.5 Å². The summed E-state index contributed by atoms with van der Waals surface area (Å²) in [5.41, 5.74) is 3.95. The van der Waals surface area contributed by atoms with Gasteiger partial charge in [-0.3, -0.25) is 4.57 Å². The van der Waals surface area contributed by atoms with Crippen molar-refractivity contribution >= 4 is 22.8 Å². The summed E-state index contributed by atoms with van der Waals surface area (Å²) in [7, 11) is 0. The smallest absolute Gasteiger partial charge is 0.164 e. The second kappa shape index (κ2) is 4.67. The molecule has 96 valence electrons. The normalized spacial score (nSPS) is 12.8. The lowest BCUT2D eigenvalue weighted by Crippen LogP contribution is -2.02. The molecule has 0 radical (unpaired) electrons. The highest BCUT2D eigenvalue weighted by Gasteiger charge is 2.16. The third kappa shape index (κ3) is 2.10. The SMILES string of the molecule is Cc1cccc(-n2c(C(C)Cl)nc3cccnc32)c1. The monoisotopic (exact) mass is 271 g/mol. The average molecular weight is 272 g/mol. The maximum absolute atomic E-state index is 6.26. The Morgan fingerprint density at radius 3 is 2.79 bits per heavy atom. The third-order valence-electron chi connectivity index (χ3n) is 3.06. The standard InChI is InChI=1S/C15H14ClN3/c1-10-5-3-6-12(9-10)19-14(11(2)16)18-13-7-4-8-17-15(13)19/h3-9,11H,1-2H3. The van der Waals surface area contributed by atoms with Gasteiger partial charge in [0.25, 0.3) is 0 Å². The molecule has 1 aromatic carbocycles. The zero-order valence-electron chi connectivity index (χ0n) is 10.8. The van der Waals surface area contributed by atoms with E-state index in [2.05, 4.69) is 29.0 Å². The van der Waals surface area contributed by atoms with Crippen molar-refractivity contribution < 1.29 is 0 Å². The molecule has 0 saturated carbocycles. The fraction of sp³-hybridized carbons (Fsp3) is 0.200. The van der Waals surface area contributed by atoms with E-state index in [1.807, 2.05) is 35.8 Å². The van der Waals surface area contributed by atoms with Crippen molar-refractivity contribution in [2.75, 3.05) is 0 Å². The first-order chi connectivity index (χ1) is 9.16. The van der Waals surface area contributed by atoms with Crippen LogP contribution in [0.5, 0.6) is 0 Å².